The Bertz CT molecular complexity index is 486. The zero-order valence-electron chi connectivity index (χ0n) is 11.0. The number of hydrogen-bond acceptors (Lipinski definition) is 3. The first-order valence-corrected chi connectivity index (χ1v) is 6.77. The van der Waals surface area contributed by atoms with Crippen molar-refractivity contribution >= 4 is 28.9 Å². The van der Waals surface area contributed by atoms with Gasteiger partial charge in [-0.15, -0.1) is 0 Å². The number of anilines is 1. The molecule has 0 radical (unpaired) electrons. The number of amides is 2. The van der Waals surface area contributed by atoms with Crippen molar-refractivity contribution < 1.29 is 9.18 Å². The van der Waals surface area contributed by atoms with E-state index in [1.54, 1.807) is 4.90 Å². The Balaban J connectivity index is 1.82. The molecule has 2 rings (SSSR count). The molecule has 1 saturated heterocycles. The van der Waals surface area contributed by atoms with E-state index >= 15 is 0 Å². The molecular formula is C13H17FN4OS. The number of thiocarbonyl (C=S) groups is 1. The fraction of sp³-hybridized carbons (Fsp3) is 0.385. The van der Waals surface area contributed by atoms with Crippen LogP contribution < -0.4 is 11.1 Å². The van der Waals surface area contributed by atoms with Crippen molar-refractivity contribution in [3.8, 4) is 0 Å². The van der Waals surface area contributed by atoms with Gasteiger partial charge in [-0.25, -0.2) is 9.18 Å². The molecule has 1 fully saturated rings. The highest BCUT2D eigenvalue weighted by Crippen LogP contribution is 2.10. The molecule has 3 N–H and O–H groups in total. The van der Waals surface area contributed by atoms with E-state index < -0.39 is 0 Å². The van der Waals surface area contributed by atoms with Gasteiger partial charge in [-0.3, -0.25) is 4.90 Å². The number of urea groups is 1. The van der Waals surface area contributed by atoms with Crippen molar-refractivity contribution in [2.75, 3.05) is 38.0 Å². The van der Waals surface area contributed by atoms with E-state index in [0.29, 0.717) is 30.3 Å². The van der Waals surface area contributed by atoms with Crippen LogP contribution in [0.2, 0.25) is 0 Å². The van der Waals surface area contributed by atoms with Crippen LogP contribution >= 0.6 is 12.2 Å². The maximum absolute atomic E-state index is 12.8. The van der Waals surface area contributed by atoms with Crippen LogP contribution in [0, 0.1) is 5.82 Å². The number of halogens is 1. The molecule has 1 heterocycles. The van der Waals surface area contributed by atoms with Crippen molar-refractivity contribution in [1.82, 2.24) is 9.80 Å². The number of carbonyl (C=O) groups is 1. The quantitative estimate of drug-likeness (QED) is 0.825. The molecule has 1 aliphatic rings. The molecule has 0 aromatic heterocycles. The summed E-state index contributed by atoms with van der Waals surface area (Å²) < 4.78 is 12.8. The zero-order valence-corrected chi connectivity index (χ0v) is 11.8. The van der Waals surface area contributed by atoms with Crippen molar-refractivity contribution in [3.63, 3.8) is 0 Å². The third-order valence-electron chi connectivity index (χ3n) is 3.13. The lowest BCUT2D eigenvalue weighted by Gasteiger charge is -2.34. The summed E-state index contributed by atoms with van der Waals surface area (Å²) >= 11 is 4.87. The highest BCUT2D eigenvalue weighted by Gasteiger charge is 2.21. The third-order valence-corrected chi connectivity index (χ3v) is 3.26. The van der Waals surface area contributed by atoms with Crippen LogP contribution in [0.25, 0.3) is 0 Å². The number of benzene rings is 1. The summed E-state index contributed by atoms with van der Waals surface area (Å²) in [5, 5.41) is 2.75. The molecule has 20 heavy (non-hydrogen) atoms. The molecule has 1 aromatic rings. The third kappa shape index (κ3) is 4.14. The Kier molecular flexibility index (Phi) is 4.86. The maximum Gasteiger partial charge on any atom is 0.321 e. The number of nitrogens with zero attached hydrogens (tertiary/aromatic N) is 2. The summed E-state index contributed by atoms with van der Waals surface area (Å²) in [5.41, 5.74) is 6.08. The highest BCUT2D eigenvalue weighted by atomic mass is 32.1. The second-order valence-electron chi connectivity index (χ2n) is 4.67. The standard InChI is InChI=1S/C13H17FN4OS/c14-10-1-3-11(4-2-10)16-13(19)18-7-5-17(6-8-18)9-12(15)20/h1-4H,5-9H2,(H2,15,20)(H,16,19). The zero-order chi connectivity index (χ0) is 14.5. The smallest absolute Gasteiger partial charge is 0.321 e. The van der Waals surface area contributed by atoms with Gasteiger partial charge in [0.05, 0.1) is 4.99 Å². The topological polar surface area (TPSA) is 61.6 Å². The van der Waals surface area contributed by atoms with Gasteiger partial charge in [0.25, 0.3) is 0 Å². The molecule has 108 valence electrons. The van der Waals surface area contributed by atoms with Crippen LogP contribution in [0.15, 0.2) is 24.3 Å². The fourth-order valence-corrected chi connectivity index (χ4v) is 2.25. The number of nitrogens with one attached hydrogen (secondary N) is 1. The predicted molar refractivity (Wildman–Crippen MR) is 80.2 cm³/mol. The van der Waals surface area contributed by atoms with Crippen LogP contribution in [0.1, 0.15) is 0 Å². The molecule has 0 saturated carbocycles. The lowest BCUT2D eigenvalue weighted by molar-refractivity contribution is 0.158. The van der Waals surface area contributed by atoms with Crippen LogP contribution in [0.4, 0.5) is 14.9 Å². The predicted octanol–water partition coefficient (Wildman–Crippen LogP) is 1.26. The summed E-state index contributed by atoms with van der Waals surface area (Å²) in [5.74, 6) is -0.325. The van der Waals surface area contributed by atoms with E-state index in [1.165, 1.54) is 24.3 Å². The first kappa shape index (κ1) is 14.7. The van der Waals surface area contributed by atoms with Crippen LogP contribution in [-0.2, 0) is 0 Å². The van der Waals surface area contributed by atoms with E-state index in [9.17, 15) is 9.18 Å². The van der Waals surface area contributed by atoms with Gasteiger partial charge in [0.2, 0.25) is 0 Å². The van der Waals surface area contributed by atoms with Gasteiger partial charge in [0.1, 0.15) is 5.82 Å². The summed E-state index contributed by atoms with van der Waals surface area (Å²) in [7, 11) is 0. The average molecular weight is 296 g/mol. The average Bonchev–Trinajstić information content (AvgIpc) is 2.41. The Morgan fingerprint density at radius 1 is 1.25 bits per heavy atom. The SMILES string of the molecule is NC(=S)CN1CCN(C(=O)Nc2ccc(F)cc2)CC1. The number of nitrogens with two attached hydrogens (primary N) is 1. The van der Waals surface area contributed by atoms with E-state index in [2.05, 4.69) is 10.2 Å². The van der Waals surface area contributed by atoms with Crippen LogP contribution in [-0.4, -0.2) is 53.5 Å². The lowest BCUT2D eigenvalue weighted by Crippen LogP contribution is -2.51. The minimum absolute atomic E-state index is 0.174. The second kappa shape index (κ2) is 6.62. The molecule has 7 heteroatoms. The number of rotatable bonds is 3. The normalized spacial score (nSPS) is 15.9. The van der Waals surface area contributed by atoms with Gasteiger partial charge in [0.15, 0.2) is 0 Å². The largest absolute Gasteiger partial charge is 0.392 e. The molecule has 0 spiro atoms. The summed E-state index contributed by atoms with van der Waals surface area (Å²) in [6, 6.07) is 5.53. The van der Waals surface area contributed by atoms with Crippen molar-refractivity contribution in [2.45, 2.75) is 0 Å². The number of carbonyl (C=O) groups excluding carboxylic acids is 1. The molecule has 5 nitrogen and oxygen atoms in total. The van der Waals surface area contributed by atoms with Gasteiger partial charge < -0.3 is 16.0 Å². The van der Waals surface area contributed by atoms with E-state index in [-0.39, 0.29) is 11.8 Å². The number of hydrogen-bond donors (Lipinski definition) is 2. The first-order valence-electron chi connectivity index (χ1n) is 6.37. The van der Waals surface area contributed by atoms with Crippen LogP contribution in [0.5, 0.6) is 0 Å². The van der Waals surface area contributed by atoms with Gasteiger partial charge in [0, 0.05) is 38.4 Å². The highest BCUT2D eigenvalue weighted by molar-refractivity contribution is 7.80. The minimum atomic E-state index is -0.325. The molecule has 0 atom stereocenters. The van der Waals surface area contributed by atoms with Gasteiger partial charge >= 0.3 is 6.03 Å². The molecular weight excluding hydrogens is 279 g/mol. The molecule has 0 bridgehead atoms. The summed E-state index contributed by atoms with van der Waals surface area (Å²) in [4.78, 5) is 16.3. The summed E-state index contributed by atoms with van der Waals surface area (Å²) in [6.07, 6.45) is 0. The van der Waals surface area contributed by atoms with Crippen LogP contribution in [0.3, 0.4) is 0 Å². The minimum Gasteiger partial charge on any atom is -0.392 e. The van der Waals surface area contributed by atoms with E-state index in [0.717, 1.165) is 13.1 Å². The fourth-order valence-electron chi connectivity index (χ4n) is 2.07. The Hall–Kier alpha value is -1.73. The molecule has 1 aromatic carbocycles. The number of piperazine rings is 1. The van der Waals surface area contributed by atoms with E-state index in [1.807, 2.05) is 0 Å². The van der Waals surface area contributed by atoms with Gasteiger partial charge in [-0.2, -0.15) is 0 Å². The van der Waals surface area contributed by atoms with E-state index in [4.69, 9.17) is 18.0 Å². The second-order valence-corrected chi connectivity index (χ2v) is 5.19. The Morgan fingerprint density at radius 3 is 2.40 bits per heavy atom. The molecule has 0 aliphatic carbocycles. The van der Waals surface area contributed by atoms with Gasteiger partial charge in [-0.1, -0.05) is 12.2 Å². The summed E-state index contributed by atoms with van der Waals surface area (Å²) in [6.45, 7) is 3.32. The van der Waals surface area contributed by atoms with Crippen molar-refractivity contribution in [3.05, 3.63) is 30.1 Å². The molecule has 2 amide bonds. The monoisotopic (exact) mass is 296 g/mol. The first-order chi connectivity index (χ1) is 9.54. The Morgan fingerprint density at radius 2 is 1.85 bits per heavy atom. The molecule has 1 aliphatic heterocycles. The lowest BCUT2D eigenvalue weighted by atomic mass is 10.3. The van der Waals surface area contributed by atoms with Crippen molar-refractivity contribution in [2.24, 2.45) is 5.73 Å². The van der Waals surface area contributed by atoms with Crippen molar-refractivity contribution in [1.29, 1.82) is 0 Å². The molecule has 0 unspecified atom stereocenters. The maximum atomic E-state index is 12.8. The Labute approximate surface area is 122 Å². The van der Waals surface area contributed by atoms with Gasteiger partial charge in [-0.05, 0) is 24.3 Å².